The summed E-state index contributed by atoms with van der Waals surface area (Å²) in [6.45, 7) is 4.83. The maximum Gasteiger partial charge on any atom is 0.255 e. The maximum atomic E-state index is 14.1. The van der Waals surface area contributed by atoms with Crippen molar-refractivity contribution in [1.29, 1.82) is 0 Å². The quantitative estimate of drug-likeness (QED) is 0.132. The number of allylic oxidation sites excluding steroid dienone is 1. The van der Waals surface area contributed by atoms with Crippen LogP contribution in [0.4, 0.5) is 11.6 Å². The van der Waals surface area contributed by atoms with Crippen molar-refractivity contribution in [2.45, 2.75) is 37.2 Å². The fourth-order valence-corrected chi connectivity index (χ4v) is 6.39. The van der Waals surface area contributed by atoms with Gasteiger partial charge in [0.15, 0.2) is 0 Å². The Labute approximate surface area is 277 Å². The number of carbonyl (C=O) groups is 1. The highest BCUT2D eigenvalue weighted by Gasteiger charge is 2.34. The van der Waals surface area contributed by atoms with E-state index in [-0.39, 0.29) is 5.91 Å². The van der Waals surface area contributed by atoms with Crippen molar-refractivity contribution in [3.05, 3.63) is 136 Å². The molecule has 1 amide bonds. The van der Waals surface area contributed by atoms with Gasteiger partial charge < -0.3 is 20.1 Å². The van der Waals surface area contributed by atoms with Gasteiger partial charge in [-0.2, -0.15) is 4.98 Å². The summed E-state index contributed by atoms with van der Waals surface area (Å²) >= 11 is 7.88. The Balaban J connectivity index is 1.28. The fourth-order valence-electron chi connectivity index (χ4n) is 5.27. The number of carbonyl (C=O) groups excluding carboxylic acids is 1. The number of para-hydroxylation sites is 2. The Morgan fingerprint density at radius 1 is 0.957 bits per heavy atom. The van der Waals surface area contributed by atoms with Crippen LogP contribution >= 0.6 is 23.4 Å². The van der Waals surface area contributed by atoms with Gasteiger partial charge >= 0.3 is 0 Å². The number of halogens is 1. The van der Waals surface area contributed by atoms with E-state index in [0.29, 0.717) is 57.8 Å². The highest BCUT2D eigenvalue weighted by molar-refractivity contribution is 7.98. The van der Waals surface area contributed by atoms with E-state index in [2.05, 4.69) is 22.8 Å². The number of anilines is 2. The van der Waals surface area contributed by atoms with Crippen LogP contribution in [0.15, 0.2) is 120 Å². The average Bonchev–Trinajstić information content (AvgIpc) is 3.48. The van der Waals surface area contributed by atoms with Crippen LogP contribution in [0.2, 0.25) is 5.02 Å². The van der Waals surface area contributed by atoms with E-state index in [4.69, 9.17) is 31.2 Å². The number of thioether (sulfide) groups is 1. The minimum atomic E-state index is -0.545. The standard InChI is InChI=1S/C36H34ClN5O3S/c1-3-44-31-16-10-9-15-30(31)39-34(43)32-24(2)38-35-40-36(46-23-27-13-7-8-14-29(27)37)41-42(35)33(32)26-17-19-28(20-18-26)45-22-21-25-11-5-4-6-12-25/h4-20,33H,3,21-23H2,1-2H3,(H,39,43)(H,38,40,41). The van der Waals surface area contributed by atoms with Gasteiger partial charge in [0.2, 0.25) is 11.1 Å². The topological polar surface area (TPSA) is 90.3 Å². The van der Waals surface area contributed by atoms with E-state index >= 15 is 0 Å². The Kier molecular flexibility index (Phi) is 9.91. The van der Waals surface area contributed by atoms with Gasteiger partial charge in [0.05, 0.1) is 24.5 Å². The molecule has 0 fully saturated rings. The Bertz CT molecular complexity index is 1840. The summed E-state index contributed by atoms with van der Waals surface area (Å²) in [5, 5.41) is 12.5. The van der Waals surface area contributed by atoms with Crippen molar-refractivity contribution in [1.82, 2.24) is 14.8 Å². The maximum absolute atomic E-state index is 14.1. The fraction of sp³-hybridized carbons (Fsp3) is 0.194. The molecule has 46 heavy (non-hydrogen) atoms. The number of nitrogens with one attached hydrogen (secondary N) is 2. The summed E-state index contributed by atoms with van der Waals surface area (Å²) in [5.74, 6) is 2.25. The molecule has 0 radical (unpaired) electrons. The number of hydrogen-bond donors (Lipinski definition) is 2. The summed E-state index contributed by atoms with van der Waals surface area (Å²) < 4.78 is 13.6. The van der Waals surface area contributed by atoms with Gasteiger partial charge in [-0.3, -0.25) is 4.79 Å². The van der Waals surface area contributed by atoms with Gasteiger partial charge in [0.1, 0.15) is 17.5 Å². The van der Waals surface area contributed by atoms with E-state index in [1.807, 2.05) is 105 Å². The molecule has 0 aliphatic carbocycles. The van der Waals surface area contributed by atoms with Crippen molar-refractivity contribution in [3.63, 3.8) is 0 Å². The van der Waals surface area contributed by atoms with Crippen LogP contribution in [-0.4, -0.2) is 33.9 Å². The molecule has 2 N–H and O–H groups in total. The summed E-state index contributed by atoms with van der Waals surface area (Å²) in [5.41, 5.74) is 4.88. The molecule has 0 spiro atoms. The lowest BCUT2D eigenvalue weighted by atomic mass is 9.95. The number of aromatic nitrogens is 3. The molecular weight excluding hydrogens is 618 g/mol. The number of ether oxygens (including phenoxy) is 2. The lowest BCUT2D eigenvalue weighted by Crippen LogP contribution is -2.31. The molecule has 1 aromatic heterocycles. The van der Waals surface area contributed by atoms with E-state index in [1.165, 1.54) is 17.3 Å². The molecule has 0 bridgehead atoms. The van der Waals surface area contributed by atoms with Crippen LogP contribution < -0.4 is 20.1 Å². The molecule has 234 valence electrons. The molecule has 2 heterocycles. The molecule has 0 saturated heterocycles. The molecular formula is C36H34ClN5O3S. The highest BCUT2D eigenvalue weighted by atomic mass is 35.5. The molecule has 4 aromatic carbocycles. The lowest BCUT2D eigenvalue weighted by molar-refractivity contribution is -0.113. The second-order valence-electron chi connectivity index (χ2n) is 10.6. The van der Waals surface area contributed by atoms with Crippen LogP contribution in [-0.2, 0) is 17.0 Å². The highest BCUT2D eigenvalue weighted by Crippen LogP contribution is 2.38. The van der Waals surface area contributed by atoms with Crippen LogP contribution in [0, 0.1) is 0 Å². The first kappa shape index (κ1) is 31.3. The van der Waals surface area contributed by atoms with E-state index < -0.39 is 6.04 Å². The molecule has 8 nitrogen and oxygen atoms in total. The van der Waals surface area contributed by atoms with Gasteiger partial charge in [0.25, 0.3) is 5.91 Å². The second-order valence-corrected chi connectivity index (χ2v) is 12.0. The molecule has 5 aromatic rings. The summed E-state index contributed by atoms with van der Waals surface area (Å²) in [7, 11) is 0. The Morgan fingerprint density at radius 2 is 1.70 bits per heavy atom. The third-order valence-corrected chi connectivity index (χ3v) is 8.78. The van der Waals surface area contributed by atoms with Gasteiger partial charge in [-0.05, 0) is 60.9 Å². The normalized spacial score (nSPS) is 13.9. The van der Waals surface area contributed by atoms with Crippen LogP contribution in [0.3, 0.4) is 0 Å². The summed E-state index contributed by atoms with van der Waals surface area (Å²) in [4.78, 5) is 18.8. The first-order valence-electron chi connectivity index (χ1n) is 15.1. The predicted molar refractivity (Wildman–Crippen MR) is 184 cm³/mol. The lowest BCUT2D eigenvalue weighted by Gasteiger charge is -2.29. The Hall–Kier alpha value is -4.73. The summed E-state index contributed by atoms with van der Waals surface area (Å²) in [6, 6.07) is 32.7. The largest absolute Gasteiger partial charge is 0.493 e. The zero-order chi connectivity index (χ0) is 31.9. The van der Waals surface area contributed by atoms with E-state index in [0.717, 1.165) is 23.3 Å². The number of hydrogen-bond acceptors (Lipinski definition) is 7. The smallest absolute Gasteiger partial charge is 0.255 e. The summed E-state index contributed by atoms with van der Waals surface area (Å²) in [6.07, 6.45) is 0.809. The molecule has 1 aliphatic rings. The molecule has 1 unspecified atom stereocenters. The molecule has 6 rings (SSSR count). The minimum Gasteiger partial charge on any atom is -0.493 e. The molecule has 0 saturated carbocycles. The van der Waals surface area contributed by atoms with Gasteiger partial charge in [-0.1, -0.05) is 96.2 Å². The van der Waals surface area contributed by atoms with Gasteiger partial charge in [0, 0.05) is 22.9 Å². The SMILES string of the molecule is CCOc1ccccc1NC(=O)C1=C(C)Nc2nc(SCc3ccccc3Cl)nn2C1c1ccc(OCCc2ccccc2)cc1. The van der Waals surface area contributed by atoms with Crippen molar-refractivity contribution in [3.8, 4) is 11.5 Å². The van der Waals surface area contributed by atoms with Gasteiger partial charge in [-0.15, -0.1) is 5.10 Å². The number of amides is 1. The monoisotopic (exact) mass is 651 g/mol. The minimum absolute atomic E-state index is 0.267. The third-order valence-electron chi connectivity index (χ3n) is 7.53. The second kappa shape index (κ2) is 14.6. The van der Waals surface area contributed by atoms with Crippen molar-refractivity contribution in [2.24, 2.45) is 0 Å². The zero-order valence-corrected chi connectivity index (χ0v) is 27.1. The van der Waals surface area contributed by atoms with Crippen molar-refractivity contribution >= 4 is 40.9 Å². The number of nitrogens with zero attached hydrogens (tertiary/aromatic N) is 3. The van der Waals surface area contributed by atoms with Crippen molar-refractivity contribution in [2.75, 3.05) is 23.8 Å². The average molecular weight is 652 g/mol. The van der Waals surface area contributed by atoms with Crippen LogP contribution in [0.25, 0.3) is 0 Å². The van der Waals surface area contributed by atoms with E-state index in [1.54, 1.807) is 4.68 Å². The third kappa shape index (κ3) is 7.22. The molecule has 10 heteroatoms. The number of fused-ring (bicyclic) bond motifs is 1. The number of rotatable bonds is 12. The van der Waals surface area contributed by atoms with E-state index in [9.17, 15) is 4.79 Å². The first-order valence-corrected chi connectivity index (χ1v) is 16.5. The zero-order valence-electron chi connectivity index (χ0n) is 25.6. The predicted octanol–water partition coefficient (Wildman–Crippen LogP) is 8.17. The molecule has 1 aliphatic heterocycles. The van der Waals surface area contributed by atoms with Crippen LogP contribution in [0.1, 0.15) is 36.6 Å². The molecule has 1 atom stereocenters. The van der Waals surface area contributed by atoms with Crippen molar-refractivity contribution < 1.29 is 14.3 Å². The number of benzene rings is 4. The van der Waals surface area contributed by atoms with Crippen LogP contribution in [0.5, 0.6) is 11.5 Å². The van der Waals surface area contributed by atoms with Gasteiger partial charge in [-0.25, -0.2) is 4.68 Å². The first-order chi connectivity index (χ1) is 22.5. The Morgan fingerprint density at radius 3 is 2.48 bits per heavy atom.